The van der Waals surface area contributed by atoms with E-state index in [4.69, 9.17) is 17.3 Å². The van der Waals surface area contributed by atoms with E-state index in [2.05, 4.69) is 0 Å². The number of amides is 2. The van der Waals surface area contributed by atoms with Crippen molar-refractivity contribution in [2.75, 3.05) is 6.54 Å². The lowest BCUT2D eigenvalue weighted by Gasteiger charge is -2.22. The van der Waals surface area contributed by atoms with Gasteiger partial charge in [0, 0.05) is 13.0 Å². The summed E-state index contributed by atoms with van der Waals surface area (Å²) >= 11 is 6.23. The third-order valence-electron chi connectivity index (χ3n) is 2.91. The molecule has 5 heteroatoms. The van der Waals surface area contributed by atoms with Gasteiger partial charge >= 0.3 is 0 Å². The van der Waals surface area contributed by atoms with Crippen molar-refractivity contribution in [1.29, 1.82) is 0 Å². The minimum absolute atomic E-state index is 0.127. The van der Waals surface area contributed by atoms with Gasteiger partial charge in [-0.05, 0) is 5.56 Å². The fourth-order valence-electron chi connectivity index (χ4n) is 1.93. The predicted octanol–water partition coefficient (Wildman–Crippen LogP) is 1.26. The number of hydrogen-bond donors (Lipinski definition) is 1. The van der Waals surface area contributed by atoms with E-state index in [0.717, 1.165) is 5.56 Å². The molecule has 1 aliphatic heterocycles. The van der Waals surface area contributed by atoms with Crippen LogP contribution in [-0.2, 0) is 9.59 Å². The number of halogens is 1. The molecular weight excluding hydrogens is 240 g/mol. The van der Waals surface area contributed by atoms with Crippen molar-refractivity contribution in [3.63, 3.8) is 0 Å². The summed E-state index contributed by atoms with van der Waals surface area (Å²) in [6, 6.07) is 9.30. The summed E-state index contributed by atoms with van der Waals surface area (Å²) in [6.45, 7) is 0.303. The van der Waals surface area contributed by atoms with Crippen molar-refractivity contribution in [3.8, 4) is 0 Å². The third-order valence-corrected chi connectivity index (χ3v) is 3.40. The zero-order valence-electron chi connectivity index (χ0n) is 9.17. The number of carbonyl (C=O) groups excluding carboxylic acids is 2. The van der Waals surface area contributed by atoms with Gasteiger partial charge in [-0.1, -0.05) is 41.9 Å². The Morgan fingerprint density at radius 1 is 1.41 bits per heavy atom. The highest BCUT2D eigenvalue weighted by atomic mass is 35.5. The summed E-state index contributed by atoms with van der Waals surface area (Å²) in [6.07, 6.45) is 0.158. The van der Waals surface area contributed by atoms with Crippen molar-refractivity contribution in [1.82, 2.24) is 4.90 Å². The van der Waals surface area contributed by atoms with Crippen LogP contribution in [0.4, 0.5) is 0 Å². The van der Waals surface area contributed by atoms with Gasteiger partial charge in [0.1, 0.15) is 5.50 Å². The van der Waals surface area contributed by atoms with E-state index < -0.39 is 17.3 Å². The minimum Gasteiger partial charge on any atom is -0.369 e. The summed E-state index contributed by atoms with van der Waals surface area (Å²) in [5.74, 6) is -0.997. The van der Waals surface area contributed by atoms with Gasteiger partial charge in [0.05, 0.1) is 5.92 Å². The first kappa shape index (κ1) is 11.9. The Labute approximate surface area is 104 Å². The number of rotatable bonds is 3. The monoisotopic (exact) mass is 252 g/mol. The maximum Gasteiger partial charge on any atom is 0.224 e. The topological polar surface area (TPSA) is 63.4 Å². The smallest absolute Gasteiger partial charge is 0.224 e. The quantitative estimate of drug-likeness (QED) is 0.650. The summed E-state index contributed by atoms with van der Waals surface area (Å²) in [5, 5.41) is 0. The molecule has 2 N–H and O–H groups in total. The van der Waals surface area contributed by atoms with E-state index >= 15 is 0 Å². The van der Waals surface area contributed by atoms with Crippen molar-refractivity contribution in [2.45, 2.75) is 11.9 Å². The molecule has 4 nitrogen and oxygen atoms in total. The van der Waals surface area contributed by atoms with Crippen LogP contribution in [0.1, 0.15) is 17.5 Å². The van der Waals surface area contributed by atoms with Gasteiger partial charge in [-0.3, -0.25) is 9.59 Å². The van der Waals surface area contributed by atoms with Crippen LogP contribution in [0.25, 0.3) is 0 Å². The molecule has 0 saturated carbocycles. The lowest BCUT2D eigenvalue weighted by atomic mass is 10.1. The molecule has 0 bridgehead atoms. The van der Waals surface area contributed by atoms with Crippen LogP contribution in [0.3, 0.4) is 0 Å². The lowest BCUT2D eigenvalue weighted by Crippen LogP contribution is -2.29. The molecule has 2 atom stereocenters. The van der Waals surface area contributed by atoms with Crippen LogP contribution >= 0.6 is 11.6 Å². The van der Waals surface area contributed by atoms with Crippen molar-refractivity contribution in [3.05, 3.63) is 35.9 Å². The molecule has 0 radical (unpaired) electrons. The normalized spacial score (nSPS) is 21.6. The Bertz CT molecular complexity index is 435. The first-order valence-electron chi connectivity index (χ1n) is 5.37. The van der Waals surface area contributed by atoms with Gasteiger partial charge in [0.15, 0.2) is 0 Å². The number of nitrogens with zero attached hydrogens (tertiary/aromatic N) is 1. The molecule has 2 unspecified atom stereocenters. The average molecular weight is 253 g/mol. The minimum atomic E-state index is -0.534. The van der Waals surface area contributed by atoms with Crippen LogP contribution in [0, 0.1) is 5.92 Å². The summed E-state index contributed by atoms with van der Waals surface area (Å²) < 4.78 is 0. The average Bonchev–Trinajstić information content (AvgIpc) is 2.72. The number of hydrogen-bond acceptors (Lipinski definition) is 2. The molecule has 1 fully saturated rings. The van der Waals surface area contributed by atoms with Gasteiger partial charge in [-0.15, -0.1) is 0 Å². The highest BCUT2D eigenvalue weighted by Crippen LogP contribution is 2.31. The maximum absolute atomic E-state index is 11.7. The molecule has 0 aliphatic carbocycles. The highest BCUT2D eigenvalue weighted by Gasteiger charge is 2.36. The fourth-order valence-corrected chi connectivity index (χ4v) is 2.27. The zero-order chi connectivity index (χ0) is 12.4. The Kier molecular flexibility index (Phi) is 3.33. The molecule has 90 valence electrons. The van der Waals surface area contributed by atoms with Crippen molar-refractivity contribution < 1.29 is 9.59 Å². The van der Waals surface area contributed by atoms with E-state index in [9.17, 15) is 9.59 Å². The molecule has 1 saturated heterocycles. The molecule has 2 amide bonds. The van der Waals surface area contributed by atoms with Crippen LogP contribution < -0.4 is 5.73 Å². The predicted molar refractivity (Wildman–Crippen MR) is 64.1 cm³/mol. The van der Waals surface area contributed by atoms with Crippen molar-refractivity contribution >= 4 is 23.4 Å². The molecule has 1 aromatic rings. The number of alkyl halides is 1. The Morgan fingerprint density at radius 2 is 2.06 bits per heavy atom. The van der Waals surface area contributed by atoms with Crippen LogP contribution in [-0.4, -0.2) is 23.3 Å². The zero-order valence-corrected chi connectivity index (χ0v) is 9.93. The van der Waals surface area contributed by atoms with Gasteiger partial charge in [0.25, 0.3) is 0 Å². The standard InChI is InChI=1S/C12H13ClN2O2/c13-11(8-4-2-1-3-5-8)15-7-9(12(14)17)6-10(15)16/h1-5,9,11H,6-7H2,(H2,14,17). The number of primary amides is 1. The van der Waals surface area contributed by atoms with E-state index in [-0.39, 0.29) is 12.3 Å². The molecule has 1 aliphatic rings. The molecule has 17 heavy (non-hydrogen) atoms. The van der Waals surface area contributed by atoms with Crippen LogP contribution in [0.5, 0.6) is 0 Å². The molecule has 2 rings (SSSR count). The summed E-state index contributed by atoms with van der Waals surface area (Å²) in [7, 11) is 0. The van der Waals surface area contributed by atoms with Gasteiger partial charge < -0.3 is 10.6 Å². The second kappa shape index (κ2) is 4.75. The number of likely N-dealkylation sites (tertiary alicyclic amines) is 1. The van der Waals surface area contributed by atoms with Crippen molar-refractivity contribution in [2.24, 2.45) is 11.7 Å². The summed E-state index contributed by atoms with van der Waals surface area (Å²) in [5.41, 5.74) is 5.51. The molecule has 1 heterocycles. The summed E-state index contributed by atoms with van der Waals surface area (Å²) in [4.78, 5) is 24.3. The SMILES string of the molecule is NC(=O)C1CC(=O)N(C(Cl)c2ccccc2)C1. The lowest BCUT2D eigenvalue weighted by molar-refractivity contribution is -0.129. The van der Waals surface area contributed by atoms with Gasteiger partial charge in [0.2, 0.25) is 11.8 Å². The van der Waals surface area contributed by atoms with E-state index in [1.807, 2.05) is 30.3 Å². The van der Waals surface area contributed by atoms with Gasteiger partial charge in [-0.2, -0.15) is 0 Å². The fraction of sp³-hybridized carbons (Fsp3) is 0.333. The van der Waals surface area contributed by atoms with Gasteiger partial charge in [-0.25, -0.2) is 0 Å². The van der Waals surface area contributed by atoms with E-state index in [1.54, 1.807) is 0 Å². The largest absolute Gasteiger partial charge is 0.369 e. The number of carbonyl (C=O) groups is 2. The molecule has 1 aromatic carbocycles. The molecule has 0 aromatic heterocycles. The molecular formula is C12H13ClN2O2. The third kappa shape index (κ3) is 2.42. The first-order valence-corrected chi connectivity index (χ1v) is 5.81. The second-order valence-corrected chi connectivity index (χ2v) is 4.51. The van der Waals surface area contributed by atoms with Crippen LogP contribution in [0.2, 0.25) is 0 Å². The Hall–Kier alpha value is -1.55. The first-order chi connectivity index (χ1) is 8.09. The number of nitrogens with two attached hydrogens (primary N) is 1. The Morgan fingerprint density at radius 3 is 2.59 bits per heavy atom. The molecule has 0 spiro atoms. The highest BCUT2D eigenvalue weighted by molar-refractivity contribution is 6.21. The Balaban J connectivity index is 2.14. The van der Waals surface area contributed by atoms with Crippen LogP contribution in [0.15, 0.2) is 30.3 Å². The van der Waals surface area contributed by atoms with E-state index in [1.165, 1.54) is 4.90 Å². The number of benzene rings is 1. The van der Waals surface area contributed by atoms with E-state index in [0.29, 0.717) is 6.54 Å². The maximum atomic E-state index is 11.7. The second-order valence-electron chi connectivity index (χ2n) is 4.10.